The Labute approximate surface area is 547 Å². The van der Waals surface area contributed by atoms with E-state index < -0.39 is 125 Å². The standard InChI is InChI=1S/C66H88O16S2.C6H10O/c1-36(67)45-31-33-66(71)46-29-28-41-34-42(30-32-64(41,8)47(46)35-48(68)65(45,66)9)78-60-56(83-43-24-18-14-19-25-43)54(74-12)51(39(4)76-60)81-61-57(84-44-26-20-15-21-27-44)53(73-11)50(38(3)77-61)80-59-55(82-62(70)63(5,6)7)52(72-10)49(37(2)75-59)79-58(69)40-22-16-13-17-23-40;1-4-5(2)6(3)7/h13-28,37-39,42,45-57,59-61,68,71H,29-35H2,1-12H3;4H,1-3H3/b;5-4+/t37?,38?,39?,42-,45?,46?,47?,48+,49?,50?,51?,52?,53?,54?,55?,56?,57?,59?,60?,61?,64-,65-,66-;/m0./s1. The van der Waals surface area contributed by atoms with Crippen molar-refractivity contribution >= 4 is 47.0 Å². The number of aliphatic hydroxyl groups is 2. The number of thioether (sulfide) groups is 2. The van der Waals surface area contributed by atoms with Crippen LogP contribution >= 0.6 is 23.5 Å². The fraction of sp³-hybridized carbons (Fsp3) is 0.639. The molecule has 3 saturated heterocycles. The summed E-state index contributed by atoms with van der Waals surface area (Å²) in [5.41, 5.74) is -0.720. The van der Waals surface area contributed by atoms with Gasteiger partial charge >= 0.3 is 11.9 Å². The number of benzene rings is 3. The Hall–Kier alpha value is -4.32. The van der Waals surface area contributed by atoms with Gasteiger partial charge in [-0.15, -0.1) is 23.5 Å². The molecule has 23 atom stereocenters. The summed E-state index contributed by atoms with van der Waals surface area (Å²) in [7, 11) is 4.79. The molecule has 3 aliphatic heterocycles. The minimum atomic E-state index is -1.23. The zero-order valence-corrected chi connectivity index (χ0v) is 57.3. The lowest BCUT2D eigenvalue weighted by Gasteiger charge is -2.62. The predicted octanol–water partition coefficient (Wildman–Crippen LogP) is 11.7. The fourth-order valence-electron chi connectivity index (χ4n) is 15.4. The largest absolute Gasteiger partial charge is 0.454 e. The van der Waals surface area contributed by atoms with Gasteiger partial charge in [-0.1, -0.05) is 86.2 Å². The number of methoxy groups -OCH3 is 3. The molecule has 500 valence electrons. The number of aliphatic hydroxyl groups excluding tert-OH is 1. The average molecular weight is 1300 g/mol. The maximum absolute atomic E-state index is 13.8. The van der Waals surface area contributed by atoms with Crippen molar-refractivity contribution in [3.8, 4) is 0 Å². The minimum absolute atomic E-state index is 0.0439. The first-order chi connectivity index (χ1) is 43.2. The molecule has 7 aliphatic rings. The van der Waals surface area contributed by atoms with Gasteiger partial charge in [0.2, 0.25) is 0 Å². The summed E-state index contributed by atoms with van der Waals surface area (Å²) in [6.07, 6.45) is -3.11. The average Bonchev–Trinajstić information content (AvgIpc) is 1.63. The van der Waals surface area contributed by atoms with E-state index in [4.69, 9.17) is 52.1 Å². The van der Waals surface area contributed by atoms with Crippen LogP contribution in [0.3, 0.4) is 0 Å². The first-order valence-corrected chi connectivity index (χ1v) is 34.1. The summed E-state index contributed by atoms with van der Waals surface area (Å²) in [6.45, 7) is 22.0. The molecule has 17 nitrogen and oxygen atoms in total. The van der Waals surface area contributed by atoms with Crippen LogP contribution < -0.4 is 0 Å². The molecular formula is C72H98O17S2. The molecule has 6 fully saturated rings. The zero-order valence-electron chi connectivity index (χ0n) is 55.6. The third kappa shape index (κ3) is 14.8. The van der Waals surface area contributed by atoms with E-state index in [9.17, 15) is 29.4 Å². The Kier molecular flexibility index (Phi) is 23.2. The summed E-state index contributed by atoms with van der Waals surface area (Å²) in [6, 6.07) is 28.7. The SMILES string of the molecule is C/C=C(\C)C(C)=O.COC1C(OC(=O)c2ccccc2)C(C)OC(OC2C(C)OC(OC3C(C)OC(O[C@H]4CC[C@@]5(C)C(=CCC6C5C[C@@H](O)[C@]5(C)C(C(C)=O)CC[C@]65O)C4)C(Sc4ccccc4)C3OC)C(Sc3ccccc3)C2OC)C1OC(=O)C(C)(C)C. The predicted molar refractivity (Wildman–Crippen MR) is 346 cm³/mol. The molecule has 3 aromatic rings. The van der Waals surface area contributed by atoms with Crippen molar-refractivity contribution in [3.05, 3.63) is 120 Å². The second-order valence-electron chi connectivity index (χ2n) is 27.4. The van der Waals surface area contributed by atoms with Crippen molar-refractivity contribution in [2.24, 2.45) is 34.0 Å². The van der Waals surface area contributed by atoms with Crippen molar-refractivity contribution in [1.29, 1.82) is 0 Å². The van der Waals surface area contributed by atoms with E-state index in [1.807, 2.05) is 95.3 Å². The van der Waals surface area contributed by atoms with E-state index in [2.05, 4.69) is 25.1 Å². The number of Topliss-reactive ketones (excluding diaryl/α,β-unsaturated/α-hetero) is 2. The number of allylic oxidation sites excluding steroid dienone is 3. The molecule has 3 saturated carbocycles. The van der Waals surface area contributed by atoms with Crippen LogP contribution in [0.2, 0.25) is 0 Å². The molecule has 10 rings (SSSR count). The van der Waals surface area contributed by atoms with Crippen LogP contribution in [0.5, 0.6) is 0 Å². The van der Waals surface area contributed by atoms with Crippen molar-refractivity contribution in [3.63, 3.8) is 0 Å². The van der Waals surface area contributed by atoms with Crippen molar-refractivity contribution in [2.75, 3.05) is 21.3 Å². The van der Waals surface area contributed by atoms with E-state index in [1.54, 1.807) is 91.8 Å². The summed E-state index contributed by atoms with van der Waals surface area (Å²) in [5.74, 6) is -1.28. The van der Waals surface area contributed by atoms with Crippen LogP contribution in [0, 0.1) is 34.0 Å². The van der Waals surface area contributed by atoms with Crippen molar-refractivity contribution < 1.29 is 81.5 Å². The highest BCUT2D eigenvalue weighted by Crippen LogP contribution is 2.68. The van der Waals surface area contributed by atoms with Gasteiger partial charge in [-0.2, -0.15) is 0 Å². The zero-order chi connectivity index (χ0) is 65.9. The number of esters is 2. The number of ketones is 2. The van der Waals surface area contributed by atoms with Crippen LogP contribution in [-0.2, 0) is 66.5 Å². The van der Waals surface area contributed by atoms with Crippen LogP contribution in [0.4, 0.5) is 0 Å². The van der Waals surface area contributed by atoms with E-state index in [0.717, 1.165) is 28.2 Å². The molecule has 2 N–H and O–H groups in total. The molecule has 3 aromatic carbocycles. The number of hydrogen-bond donors (Lipinski definition) is 2. The van der Waals surface area contributed by atoms with Gasteiger partial charge in [0.1, 0.15) is 36.3 Å². The number of fused-ring (bicyclic) bond motifs is 5. The van der Waals surface area contributed by atoms with Crippen molar-refractivity contribution in [1.82, 2.24) is 0 Å². The maximum atomic E-state index is 13.8. The number of carbonyl (C=O) groups is 4. The van der Waals surface area contributed by atoms with Crippen LogP contribution in [0.15, 0.2) is 124 Å². The van der Waals surface area contributed by atoms with Gasteiger partial charge in [0.15, 0.2) is 36.9 Å². The smallest absolute Gasteiger partial charge is 0.338 e. The van der Waals surface area contributed by atoms with Gasteiger partial charge in [-0.3, -0.25) is 14.4 Å². The van der Waals surface area contributed by atoms with Gasteiger partial charge in [0, 0.05) is 42.5 Å². The van der Waals surface area contributed by atoms with E-state index in [-0.39, 0.29) is 40.8 Å². The lowest BCUT2D eigenvalue weighted by atomic mass is 9.45. The van der Waals surface area contributed by atoms with Crippen LogP contribution in [0.25, 0.3) is 0 Å². The second-order valence-corrected chi connectivity index (χ2v) is 29.9. The first-order valence-electron chi connectivity index (χ1n) is 32.4. The molecular weight excluding hydrogens is 1200 g/mol. The number of ether oxygens (including phenoxy) is 11. The molecule has 0 spiro atoms. The minimum Gasteiger partial charge on any atom is -0.454 e. The van der Waals surface area contributed by atoms with Gasteiger partial charge < -0.3 is 62.3 Å². The number of hydrogen-bond acceptors (Lipinski definition) is 19. The highest BCUT2D eigenvalue weighted by Gasteiger charge is 2.70. The highest BCUT2D eigenvalue weighted by molar-refractivity contribution is 8.00. The Morgan fingerprint density at radius 2 is 1.13 bits per heavy atom. The Balaban J connectivity index is 0.00000132. The first kappa shape index (κ1) is 71.0. The van der Waals surface area contributed by atoms with Gasteiger partial charge in [0.05, 0.1) is 57.6 Å². The molecule has 0 radical (unpaired) electrons. The fourth-order valence-corrected chi connectivity index (χ4v) is 17.9. The topological polar surface area (TPSA) is 210 Å². The Bertz CT molecular complexity index is 3020. The van der Waals surface area contributed by atoms with Gasteiger partial charge in [0.25, 0.3) is 0 Å². The normalized spacial score (nSPS) is 39.0. The second kappa shape index (κ2) is 29.8. The monoisotopic (exact) mass is 1300 g/mol. The van der Waals surface area contributed by atoms with Crippen LogP contribution in [-0.4, -0.2) is 163 Å². The van der Waals surface area contributed by atoms with Gasteiger partial charge in [-0.25, -0.2) is 4.79 Å². The Morgan fingerprint density at radius 3 is 1.63 bits per heavy atom. The lowest BCUT2D eigenvalue weighted by Crippen LogP contribution is -2.66. The third-order valence-corrected chi connectivity index (χ3v) is 23.5. The lowest BCUT2D eigenvalue weighted by molar-refractivity contribution is -0.350. The molecule has 0 bridgehead atoms. The maximum Gasteiger partial charge on any atom is 0.338 e. The van der Waals surface area contributed by atoms with Gasteiger partial charge in [-0.05, 0) is 173 Å². The molecule has 91 heavy (non-hydrogen) atoms. The molecule has 0 amide bonds. The third-order valence-electron chi connectivity index (χ3n) is 20.9. The van der Waals surface area contributed by atoms with E-state index >= 15 is 0 Å². The molecule has 18 unspecified atom stereocenters. The Morgan fingerprint density at radius 1 is 0.626 bits per heavy atom. The molecule has 3 heterocycles. The summed E-state index contributed by atoms with van der Waals surface area (Å²) < 4.78 is 73.7. The van der Waals surface area contributed by atoms with E-state index in [1.165, 1.54) is 24.4 Å². The molecule has 0 aromatic heterocycles. The summed E-state index contributed by atoms with van der Waals surface area (Å²) in [4.78, 5) is 52.5. The number of carbonyl (C=O) groups excluding carboxylic acids is 4. The van der Waals surface area contributed by atoms with Crippen LogP contribution in [0.1, 0.15) is 138 Å². The quantitative estimate of drug-likeness (QED) is 0.0689. The molecule has 19 heteroatoms. The molecule has 4 aliphatic carbocycles. The van der Waals surface area contributed by atoms with E-state index in [0.29, 0.717) is 37.7 Å². The summed E-state index contributed by atoms with van der Waals surface area (Å²) in [5, 5.41) is 23.6. The van der Waals surface area contributed by atoms with Crippen molar-refractivity contribution in [2.45, 2.75) is 246 Å². The number of rotatable bonds is 18. The highest BCUT2D eigenvalue weighted by atomic mass is 32.2. The summed E-state index contributed by atoms with van der Waals surface area (Å²) >= 11 is 3.14.